The second kappa shape index (κ2) is 7.99. The lowest BCUT2D eigenvalue weighted by Crippen LogP contribution is -2.14. The fraction of sp³-hybridized carbons (Fsp3) is 0.0769. The van der Waals surface area contributed by atoms with Crippen LogP contribution in [0.5, 0.6) is 0 Å². The van der Waals surface area contributed by atoms with Crippen LogP contribution < -0.4 is 0 Å². The summed E-state index contributed by atoms with van der Waals surface area (Å²) in [7, 11) is 0. The summed E-state index contributed by atoms with van der Waals surface area (Å²) in [5.41, 5.74) is 12.8. The van der Waals surface area contributed by atoms with E-state index in [1.807, 2.05) is 0 Å². The van der Waals surface area contributed by atoms with Gasteiger partial charge in [0.05, 0.1) is 27.8 Å². The predicted octanol–water partition coefficient (Wildman–Crippen LogP) is 10.2. The van der Waals surface area contributed by atoms with E-state index < -0.39 is 0 Å². The molecule has 8 aromatic rings. The van der Waals surface area contributed by atoms with Crippen LogP contribution in [-0.2, 0) is 5.41 Å². The van der Waals surface area contributed by atoms with E-state index >= 15 is 0 Å². The minimum Gasteiger partial charge on any atom is -0.307 e. The molecule has 0 fully saturated rings. The van der Waals surface area contributed by atoms with Crippen LogP contribution in [0, 0.1) is 0 Å². The van der Waals surface area contributed by atoms with Crippen LogP contribution in [0.25, 0.3) is 66.1 Å². The summed E-state index contributed by atoms with van der Waals surface area (Å²) in [6.07, 6.45) is 0. The van der Waals surface area contributed by atoms with E-state index in [4.69, 9.17) is 0 Å². The first-order valence-corrected chi connectivity index (χ1v) is 14.4. The molecule has 2 heteroatoms. The van der Waals surface area contributed by atoms with Gasteiger partial charge in [-0.1, -0.05) is 105 Å². The zero-order valence-corrected chi connectivity index (χ0v) is 23.1. The SMILES string of the molecule is CC1(C)c2ccccc2-c2cc3c(cc21)c1ccccc1n3-c1cccc2c3ccccc3n(-c3ccccc3)c12. The first-order valence-electron chi connectivity index (χ1n) is 14.4. The summed E-state index contributed by atoms with van der Waals surface area (Å²) in [4.78, 5) is 0. The van der Waals surface area contributed by atoms with Gasteiger partial charge in [0.1, 0.15) is 0 Å². The van der Waals surface area contributed by atoms with Crippen LogP contribution in [0.15, 0.2) is 133 Å². The number of hydrogen-bond acceptors (Lipinski definition) is 0. The first-order chi connectivity index (χ1) is 20.1. The van der Waals surface area contributed by atoms with Gasteiger partial charge in [-0.05, 0) is 64.7 Å². The Morgan fingerprint density at radius 2 is 1.07 bits per heavy atom. The molecule has 0 bridgehead atoms. The molecule has 0 saturated carbocycles. The van der Waals surface area contributed by atoms with Crippen molar-refractivity contribution in [3.05, 3.63) is 145 Å². The number of para-hydroxylation sites is 4. The Hall–Kier alpha value is -5.08. The molecule has 0 unspecified atom stereocenters. The molecule has 2 heterocycles. The van der Waals surface area contributed by atoms with E-state index in [-0.39, 0.29) is 5.41 Å². The maximum absolute atomic E-state index is 2.50. The molecule has 1 aliphatic carbocycles. The van der Waals surface area contributed by atoms with Crippen molar-refractivity contribution in [3.63, 3.8) is 0 Å². The van der Waals surface area contributed by atoms with Crippen molar-refractivity contribution < 1.29 is 0 Å². The highest BCUT2D eigenvalue weighted by Gasteiger charge is 2.36. The molecule has 2 nitrogen and oxygen atoms in total. The summed E-state index contributed by atoms with van der Waals surface area (Å²) in [5, 5.41) is 5.13. The zero-order valence-electron chi connectivity index (χ0n) is 23.1. The van der Waals surface area contributed by atoms with Crippen molar-refractivity contribution in [2.24, 2.45) is 0 Å². The highest BCUT2D eigenvalue weighted by Crippen LogP contribution is 2.51. The van der Waals surface area contributed by atoms with Crippen molar-refractivity contribution in [2.75, 3.05) is 0 Å². The molecule has 6 aromatic carbocycles. The number of fused-ring (bicyclic) bond motifs is 9. The lowest BCUT2D eigenvalue weighted by atomic mass is 9.82. The number of hydrogen-bond donors (Lipinski definition) is 0. The normalized spacial score (nSPS) is 13.8. The second-order valence-corrected chi connectivity index (χ2v) is 11.8. The van der Waals surface area contributed by atoms with Gasteiger partial charge >= 0.3 is 0 Å². The third-order valence-corrected chi connectivity index (χ3v) is 9.30. The molecular formula is C39H28N2. The smallest absolute Gasteiger partial charge is 0.0782 e. The third-order valence-electron chi connectivity index (χ3n) is 9.30. The fourth-order valence-corrected chi connectivity index (χ4v) is 7.45. The molecule has 0 N–H and O–H groups in total. The van der Waals surface area contributed by atoms with E-state index in [0.29, 0.717) is 0 Å². The van der Waals surface area contributed by atoms with Gasteiger partial charge in [0, 0.05) is 32.6 Å². The minimum atomic E-state index is -0.0386. The largest absolute Gasteiger partial charge is 0.307 e. The van der Waals surface area contributed by atoms with Gasteiger partial charge in [-0.15, -0.1) is 0 Å². The van der Waals surface area contributed by atoms with Crippen LogP contribution in [-0.4, -0.2) is 9.13 Å². The molecule has 0 spiro atoms. The van der Waals surface area contributed by atoms with Gasteiger partial charge in [-0.3, -0.25) is 0 Å². The van der Waals surface area contributed by atoms with E-state index in [0.717, 1.165) is 0 Å². The molecule has 2 aromatic heterocycles. The van der Waals surface area contributed by atoms with E-state index in [9.17, 15) is 0 Å². The Labute approximate surface area is 238 Å². The Kier molecular flexibility index (Phi) is 4.42. The summed E-state index contributed by atoms with van der Waals surface area (Å²) >= 11 is 0. The Bertz CT molecular complexity index is 2330. The van der Waals surface area contributed by atoms with Gasteiger partial charge < -0.3 is 9.13 Å². The maximum Gasteiger partial charge on any atom is 0.0782 e. The summed E-state index contributed by atoms with van der Waals surface area (Å²) in [5.74, 6) is 0. The molecule has 0 amide bonds. The van der Waals surface area contributed by atoms with Gasteiger partial charge in [-0.25, -0.2) is 0 Å². The van der Waals surface area contributed by atoms with E-state index in [1.54, 1.807) is 0 Å². The summed E-state index contributed by atoms with van der Waals surface area (Å²) < 4.78 is 4.94. The lowest BCUT2D eigenvalue weighted by molar-refractivity contribution is 0.661. The predicted molar refractivity (Wildman–Crippen MR) is 173 cm³/mol. The molecule has 41 heavy (non-hydrogen) atoms. The number of aromatic nitrogens is 2. The molecule has 0 aliphatic heterocycles. The molecule has 194 valence electrons. The molecule has 0 atom stereocenters. The lowest BCUT2D eigenvalue weighted by Gasteiger charge is -2.21. The molecule has 1 aliphatic rings. The van der Waals surface area contributed by atoms with E-state index in [2.05, 4.69) is 156 Å². The van der Waals surface area contributed by atoms with Crippen LogP contribution >= 0.6 is 0 Å². The first kappa shape index (κ1) is 22.7. The Morgan fingerprint density at radius 3 is 1.88 bits per heavy atom. The van der Waals surface area contributed by atoms with Gasteiger partial charge in [-0.2, -0.15) is 0 Å². The number of nitrogens with zero attached hydrogens (tertiary/aromatic N) is 2. The third kappa shape index (κ3) is 2.92. The van der Waals surface area contributed by atoms with E-state index in [1.165, 1.54) is 77.2 Å². The summed E-state index contributed by atoms with van der Waals surface area (Å²) in [6.45, 7) is 4.73. The molecule has 9 rings (SSSR count). The van der Waals surface area contributed by atoms with Crippen molar-refractivity contribution in [2.45, 2.75) is 19.3 Å². The van der Waals surface area contributed by atoms with Crippen LogP contribution in [0.3, 0.4) is 0 Å². The Balaban J connectivity index is 1.47. The van der Waals surface area contributed by atoms with Crippen molar-refractivity contribution in [3.8, 4) is 22.5 Å². The monoisotopic (exact) mass is 524 g/mol. The summed E-state index contributed by atoms with van der Waals surface area (Å²) in [6, 6.07) is 49.0. The van der Waals surface area contributed by atoms with Crippen molar-refractivity contribution in [1.82, 2.24) is 9.13 Å². The minimum absolute atomic E-state index is 0.0386. The maximum atomic E-state index is 2.50. The van der Waals surface area contributed by atoms with Crippen molar-refractivity contribution in [1.29, 1.82) is 0 Å². The van der Waals surface area contributed by atoms with Crippen LogP contribution in [0.4, 0.5) is 0 Å². The van der Waals surface area contributed by atoms with Crippen molar-refractivity contribution >= 4 is 43.6 Å². The topological polar surface area (TPSA) is 9.86 Å². The van der Waals surface area contributed by atoms with Gasteiger partial charge in [0.2, 0.25) is 0 Å². The molecule has 0 saturated heterocycles. The highest BCUT2D eigenvalue weighted by molar-refractivity contribution is 6.15. The fourth-order valence-electron chi connectivity index (χ4n) is 7.45. The second-order valence-electron chi connectivity index (χ2n) is 11.8. The highest BCUT2D eigenvalue weighted by atomic mass is 15.1. The van der Waals surface area contributed by atoms with Gasteiger partial charge in [0.25, 0.3) is 0 Å². The number of benzene rings is 6. The average molecular weight is 525 g/mol. The average Bonchev–Trinajstić information content (AvgIpc) is 3.61. The zero-order chi connectivity index (χ0) is 27.3. The standard InChI is InChI=1S/C39H28N2/c1-39(2)32-19-9-6-15-26(32)30-24-37-31(23-33(30)39)28-17-8-11-21-35(28)41(37)36-22-12-18-29-27-16-7-10-20-34(27)40(38(29)36)25-13-4-3-5-14-25/h3-24H,1-2H3. The quantitative estimate of drug-likeness (QED) is 0.213. The van der Waals surface area contributed by atoms with Gasteiger partial charge in [0.15, 0.2) is 0 Å². The Morgan fingerprint density at radius 1 is 0.439 bits per heavy atom. The van der Waals surface area contributed by atoms with Crippen LogP contribution in [0.2, 0.25) is 0 Å². The molecule has 0 radical (unpaired) electrons. The van der Waals surface area contributed by atoms with Crippen LogP contribution in [0.1, 0.15) is 25.0 Å². The molecular weight excluding hydrogens is 496 g/mol. The number of rotatable bonds is 2.